The molecule has 0 aliphatic heterocycles. The van der Waals surface area contributed by atoms with E-state index in [9.17, 15) is 0 Å². The Bertz CT molecular complexity index is 996. The van der Waals surface area contributed by atoms with E-state index < -0.39 is 0 Å². The number of hydrogen-bond acceptors (Lipinski definition) is 5. The lowest BCUT2D eigenvalue weighted by atomic mass is 10.1. The molecule has 2 heterocycles. The van der Waals surface area contributed by atoms with E-state index in [0.29, 0.717) is 18.0 Å². The van der Waals surface area contributed by atoms with Crippen LogP contribution in [0.2, 0.25) is 0 Å². The summed E-state index contributed by atoms with van der Waals surface area (Å²) < 4.78 is 11.5. The molecular formula is C20H17N3O2. The molecule has 4 rings (SSSR count). The van der Waals surface area contributed by atoms with Crippen LogP contribution in [-0.2, 0) is 6.61 Å². The molecule has 0 atom stereocenters. The first-order valence-corrected chi connectivity index (χ1v) is 8.03. The van der Waals surface area contributed by atoms with Crippen molar-refractivity contribution in [3.05, 3.63) is 78.1 Å². The molecule has 0 aliphatic carbocycles. The molecule has 0 spiro atoms. The molecule has 2 aromatic carbocycles. The quantitative estimate of drug-likeness (QED) is 0.566. The van der Waals surface area contributed by atoms with E-state index in [1.54, 1.807) is 12.4 Å². The Morgan fingerprint density at radius 3 is 2.84 bits per heavy atom. The number of hydrogen-bond donors (Lipinski definition) is 1. The summed E-state index contributed by atoms with van der Waals surface area (Å²) in [5.41, 5.74) is 3.85. The van der Waals surface area contributed by atoms with Gasteiger partial charge in [0.15, 0.2) is 11.4 Å². The molecule has 0 radical (unpaired) electrons. The monoisotopic (exact) mass is 331 g/mol. The van der Waals surface area contributed by atoms with Crippen molar-refractivity contribution in [1.29, 1.82) is 0 Å². The zero-order chi connectivity index (χ0) is 17.1. The van der Waals surface area contributed by atoms with Crippen molar-refractivity contribution in [3.63, 3.8) is 0 Å². The Morgan fingerprint density at radius 2 is 2.00 bits per heavy atom. The second-order valence-electron chi connectivity index (χ2n) is 5.80. The summed E-state index contributed by atoms with van der Waals surface area (Å²) in [5, 5.41) is 8.17. The summed E-state index contributed by atoms with van der Waals surface area (Å²) in [7, 11) is 0. The second kappa shape index (κ2) is 6.65. The molecule has 2 aromatic heterocycles. The van der Waals surface area contributed by atoms with Gasteiger partial charge in [-0.3, -0.25) is 4.98 Å². The third-order valence-electron chi connectivity index (χ3n) is 3.86. The molecule has 0 fully saturated rings. The standard InChI is InChI=1S/C20H17N3O2/c1-14-5-2-6-15(11-14)13-24-17-8-3-9-18-19(17)20(23-25-18)22-16-7-4-10-21-12-16/h2-12H,13H2,1H3,(H,22,23). The van der Waals surface area contributed by atoms with Crippen LogP contribution in [0.15, 0.2) is 71.5 Å². The third-order valence-corrected chi connectivity index (χ3v) is 3.86. The van der Waals surface area contributed by atoms with Crippen molar-refractivity contribution < 1.29 is 9.26 Å². The fourth-order valence-corrected chi connectivity index (χ4v) is 2.70. The van der Waals surface area contributed by atoms with Gasteiger partial charge in [0.2, 0.25) is 0 Å². The molecule has 1 N–H and O–H groups in total. The topological polar surface area (TPSA) is 60.2 Å². The third kappa shape index (κ3) is 3.30. The van der Waals surface area contributed by atoms with Crippen LogP contribution in [0.5, 0.6) is 5.75 Å². The summed E-state index contributed by atoms with van der Waals surface area (Å²) in [6, 6.07) is 17.7. The number of fused-ring (bicyclic) bond motifs is 1. The first-order valence-electron chi connectivity index (χ1n) is 8.03. The zero-order valence-electron chi connectivity index (χ0n) is 13.8. The molecular weight excluding hydrogens is 314 g/mol. The number of nitrogens with zero attached hydrogens (tertiary/aromatic N) is 2. The number of aromatic nitrogens is 2. The highest BCUT2D eigenvalue weighted by Gasteiger charge is 2.14. The van der Waals surface area contributed by atoms with E-state index >= 15 is 0 Å². The Kier molecular flexibility index (Phi) is 4.04. The summed E-state index contributed by atoms with van der Waals surface area (Å²) in [4.78, 5) is 4.10. The van der Waals surface area contributed by atoms with Gasteiger partial charge in [-0.15, -0.1) is 0 Å². The van der Waals surface area contributed by atoms with Crippen LogP contribution in [0.25, 0.3) is 11.0 Å². The zero-order valence-corrected chi connectivity index (χ0v) is 13.8. The molecule has 4 aromatic rings. The van der Waals surface area contributed by atoms with E-state index in [1.165, 1.54) is 5.56 Å². The maximum Gasteiger partial charge on any atom is 0.185 e. The van der Waals surface area contributed by atoms with Gasteiger partial charge in [-0.05, 0) is 36.8 Å². The summed E-state index contributed by atoms with van der Waals surface area (Å²) in [6.07, 6.45) is 3.46. The summed E-state index contributed by atoms with van der Waals surface area (Å²) in [6.45, 7) is 2.55. The number of rotatable bonds is 5. The molecule has 25 heavy (non-hydrogen) atoms. The van der Waals surface area contributed by atoms with Crippen LogP contribution >= 0.6 is 0 Å². The molecule has 0 unspecified atom stereocenters. The SMILES string of the molecule is Cc1cccc(COc2cccc3onc(Nc4cccnc4)c23)c1. The van der Waals surface area contributed by atoms with Gasteiger partial charge in [0.1, 0.15) is 17.7 Å². The predicted octanol–water partition coefficient (Wildman–Crippen LogP) is 4.85. The molecule has 0 saturated carbocycles. The van der Waals surface area contributed by atoms with Gasteiger partial charge >= 0.3 is 0 Å². The van der Waals surface area contributed by atoms with Crippen molar-refractivity contribution in [2.45, 2.75) is 13.5 Å². The number of nitrogens with one attached hydrogen (secondary N) is 1. The lowest BCUT2D eigenvalue weighted by Crippen LogP contribution is -1.97. The maximum atomic E-state index is 6.04. The molecule has 5 heteroatoms. The van der Waals surface area contributed by atoms with Crippen LogP contribution in [0, 0.1) is 6.92 Å². The minimum Gasteiger partial charge on any atom is -0.488 e. The van der Waals surface area contributed by atoms with Crippen LogP contribution in [0.3, 0.4) is 0 Å². The van der Waals surface area contributed by atoms with Crippen LogP contribution in [-0.4, -0.2) is 10.1 Å². The summed E-state index contributed by atoms with van der Waals surface area (Å²) in [5.74, 6) is 1.34. The molecule has 124 valence electrons. The second-order valence-corrected chi connectivity index (χ2v) is 5.80. The van der Waals surface area contributed by atoms with Gasteiger partial charge in [0, 0.05) is 6.20 Å². The fourth-order valence-electron chi connectivity index (χ4n) is 2.70. The molecule has 0 bridgehead atoms. The lowest BCUT2D eigenvalue weighted by molar-refractivity contribution is 0.310. The van der Waals surface area contributed by atoms with Crippen LogP contribution in [0.1, 0.15) is 11.1 Å². The average Bonchev–Trinajstić information content (AvgIpc) is 3.04. The number of benzene rings is 2. The maximum absolute atomic E-state index is 6.04. The van der Waals surface area contributed by atoms with E-state index in [0.717, 1.165) is 22.4 Å². The van der Waals surface area contributed by atoms with E-state index in [-0.39, 0.29) is 0 Å². The van der Waals surface area contributed by atoms with E-state index in [2.05, 4.69) is 40.6 Å². The molecule has 0 amide bonds. The van der Waals surface area contributed by atoms with E-state index in [4.69, 9.17) is 9.26 Å². The number of aryl methyl sites for hydroxylation is 1. The normalized spacial score (nSPS) is 10.8. The Hall–Kier alpha value is -3.34. The number of pyridine rings is 1. The fraction of sp³-hybridized carbons (Fsp3) is 0.100. The van der Waals surface area contributed by atoms with Gasteiger partial charge in [-0.2, -0.15) is 0 Å². The predicted molar refractivity (Wildman–Crippen MR) is 97.0 cm³/mol. The van der Waals surface area contributed by atoms with Crippen molar-refractivity contribution in [1.82, 2.24) is 10.1 Å². The van der Waals surface area contributed by atoms with Crippen LogP contribution < -0.4 is 10.1 Å². The smallest absolute Gasteiger partial charge is 0.185 e. The summed E-state index contributed by atoms with van der Waals surface area (Å²) >= 11 is 0. The van der Waals surface area contributed by atoms with E-state index in [1.807, 2.05) is 36.4 Å². The van der Waals surface area contributed by atoms with Crippen LogP contribution in [0.4, 0.5) is 11.5 Å². The first kappa shape index (κ1) is 15.2. The van der Waals surface area contributed by atoms with Crippen molar-refractivity contribution in [2.24, 2.45) is 0 Å². The highest BCUT2D eigenvalue weighted by atomic mass is 16.5. The first-order chi connectivity index (χ1) is 12.3. The highest BCUT2D eigenvalue weighted by Crippen LogP contribution is 2.34. The Labute approximate surface area is 145 Å². The molecule has 5 nitrogen and oxygen atoms in total. The van der Waals surface area contributed by atoms with Gasteiger partial charge in [-0.1, -0.05) is 41.1 Å². The Balaban J connectivity index is 1.63. The van der Waals surface area contributed by atoms with Crippen molar-refractivity contribution in [3.8, 4) is 5.75 Å². The number of anilines is 2. The average molecular weight is 331 g/mol. The largest absolute Gasteiger partial charge is 0.488 e. The van der Waals surface area contributed by atoms with Gasteiger partial charge in [0.05, 0.1) is 11.9 Å². The highest BCUT2D eigenvalue weighted by molar-refractivity contribution is 5.95. The van der Waals surface area contributed by atoms with Crippen molar-refractivity contribution >= 4 is 22.5 Å². The minimum atomic E-state index is 0.484. The Morgan fingerprint density at radius 1 is 1.08 bits per heavy atom. The molecule has 0 saturated heterocycles. The van der Waals surface area contributed by atoms with Gasteiger partial charge in [-0.25, -0.2) is 0 Å². The van der Waals surface area contributed by atoms with Gasteiger partial charge in [0.25, 0.3) is 0 Å². The van der Waals surface area contributed by atoms with Crippen molar-refractivity contribution in [2.75, 3.05) is 5.32 Å². The minimum absolute atomic E-state index is 0.484. The lowest BCUT2D eigenvalue weighted by Gasteiger charge is -2.09. The van der Waals surface area contributed by atoms with Gasteiger partial charge < -0.3 is 14.6 Å². The molecule has 0 aliphatic rings. The number of ether oxygens (including phenoxy) is 1.